The van der Waals surface area contributed by atoms with E-state index in [-0.39, 0.29) is 0 Å². The highest BCUT2D eigenvalue weighted by Gasteiger charge is 2.30. The summed E-state index contributed by atoms with van der Waals surface area (Å²) in [5.41, 5.74) is 39.3. The minimum Gasteiger partial charge on any atom is -0.0622 e. The zero-order chi connectivity index (χ0) is 81.8. The smallest absolute Gasteiger partial charge is 0.00264 e. The van der Waals surface area contributed by atoms with Crippen LogP contribution >= 0.6 is 0 Å². The molecule has 22 aromatic carbocycles. The van der Waals surface area contributed by atoms with E-state index in [2.05, 4.69) is 454 Å². The molecule has 0 aliphatic carbocycles. The van der Waals surface area contributed by atoms with E-state index < -0.39 is 0 Å². The molecule has 0 saturated heterocycles. The Bertz CT molecular complexity index is 6780. The van der Waals surface area contributed by atoms with Crippen LogP contribution in [0.4, 0.5) is 0 Å². The first-order valence-electron chi connectivity index (χ1n) is 42.8. The van der Waals surface area contributed by atoms with Crippen molar-refractivity contribution in [3.05, 3.63) is 446 Å². The molecule has 0 aliphatic heterocycles. The molecule has 0 atom stereocenters. The van der Waals surface area contributed by atoms with Crippen molar-refractivity contribution in [2.75, 3.05) is 0 Å². The Morgan fingerprint density at radius 1 is 0.0820 bits per heavy atom. The van der Waals surface area contributed by atoms with Gasteiger partial charge in [0.15, 0.2) is 0 Å². The van der Waals surface area contributed by atoms with E-state index in [0.717, 1.165) is 0 Å². The molecule has 0 bridgehead atoms. The average molecular weight is 1550 g/mol. The van der Waals surface area contributed by atoms with Crippen molar-refractivity contribution < 1.29 is 0 Å². The second-order valence-corrected chi connectivity index (χ2v) is 33.1. The highest BCUT2D eigenvalue weighted by Crippen LogP contribution is 2.55. The van der Waals surface area contributed by atoms with Crippen molar-refractivity contribution >= 4 is 86.2 Å². The molecule has 0 fully saturated rings. The van der Waals surface area contributed by atoms with Gasteiger partial charge in [0.2, 0.25) is 0 Å². The van der Waals surface area contributed by atoms with E-state index in [9.17, 15) is 0 Å². The minimum absolute atomic E-state index is 1.18. The van der Waals surface area contributed by atoms with Crippen LogP contribution in [0, 0.1) is 41.5 Å². The SMILES string of the molecule is Cc1c(-c2ccc(-c3c4ccccc4c(-c4ccccc4)c4ccccc34)cc2)c(C)c(-c2c(C)c(-c3ccc(-c4c5ccccc5c(-c5ccccc5)c5ccccc45)cc3)c(C)c(-c3ccc(-c4c5ccccc5c(-c5ccccc5)c5ccccc45)cc3)c2C)c(C)c1-c1ccc(-c2c3ccccc3c(-c3ccccc3)c3ccccc23)cc1. The lowest BCUT2D eigenvalue weighted by Gasteiger charge is -2.29. The number of hydrogen-bond acceptors (Lipinski definition) is 0. The third-order valence-electron chi connectivity index (χ3n) is 26.6. The first-order valence-corrected chi connectivity index (χ1v) is 42.8. The Morgan fingerprint density at radius 3 is 0.295 bits per heavy atom. The van der Waals surface area contributed by atoms with E-state index in [1.807, 2.05) is 0 Å². The maximum atomic E-state index is 2.42. The van der Waals surface area contributed by atoms with Crippen molar-refractivity contribution in [2.45, 2.75) is 41.5 Å². The summed E-state index contributed by atoms with van der Waals surface area (Å²) in [5.74, 6) is 0. The monoisotopic (exact) mass is 1550 g/mol. The van der Waals surface area contributed by atoms with Gasteiger partial charge in [-0.25, -0.2) is 0 Å². The van der Waals surface area contributed by atoms with Crippen LogP contribution in [0.3, 0.4) is 0 Å². The summed E-state index contributed by atoms with van der Waals surface area (Å²) < 4.78 is 0. The number of rotatable bonds is 13. The van der Waals surface area contributed by atoms with Crippen LogP contribution < -0.4 is 0 Å². The lowest BCUT2D eigenvalue weighted by molar-refractivity contribution is 1.27. The predicted octanol–water partition coefficient (Wildman–Crippen LogP) is 34.4. The van der Waals surface area contributed by atoms with Crippen LogP contribution in [-0.4, -0.2) is 0 Å². The van der Waals surface area contributed by atoms with E-state index in [1.54, 1.807) is 0 Å². The standard InChI is InChI=1S/C122H86/c1-75-109(85-59-67-89(68-60-85)119-101-51-27-19-43-93(101)115(81-35-11-7-12-36-81)94-44-20-28-52-102(94)119)77(3)113(78(4)110(75)86-61-69-90(70-62-86)120-103-53-29-21-45-95(103)116(82-37-13-8-14-38-82)96-46-22-30-54-104(96)120)114-79(5)111(87-63-71-91(72-64-87)121-105-55-31-23-47-97(105)117(83-39-15-9-16-40-83)98-48-24-32-56-106(98)121)76(2)112(80(114)6)88-65-73-92(74-66-88)122-107-57-33-25-49-99(107)118(84-41-17-10-18-42-84)100-50-26-34-58-108(100)122/h7-74H,1-6H3. The van der Waals surface area contributed by atoms with Gasteiger partial charge in [0, 0.05) is 0 Å². The fourth-order valence-corrected chi connectivity index (χ4v) is 21.6. The van der Waals surface area contributed by atoms with Crippen LogP contribution in [0.1, 0.15) is 33.4 Å². The zero-order valence-corrected chi connectivity index (χ0v) is 69.3. The molecule has 574 valence electrons. The van der Waals surface area contributed by atoms with Gasteiger partial charge in [-0.3, -0.25) is 0 Å². The van der Waals surface area contributed by atoms with Gasteiger partial charge >= 0.3 is 0 Å². The first-order chi connectivity index (χ1) is 60.1. The van der Waals surface area contributed by atoms with Gasteiger partial charge in [0.1, 0.15) is 0 Å². The van der Waals surface area contributed by atoms with Crippen molar-refractivity contribution in [2.24, 2.45) is 0 Å². The quantitative estimate of drug-likeness (QED) is 0.101. The third-order valence-corrected chi connectivity index (χ3v) is 26.6. The number of fused-ring (bicyclic) bond motifs is 8. The fraction of sp³-hybridized carbons (Fsp3) is 0.0492. The van der Waals surface area contributed by atoms with Crippen LogP contribution in [0.5, 0.6) is 0 Å². The second-order valence-electron chi connectivity index (χ2n) is 33.1. The van der Waals surface area contributed by atoms with Crippen LogP contribution in [0.2, 0.25) is 0 Å². The maximum Gasteiger partial charge on any atom is -0.00264 e. The summed E-state index contributed by atoms with van der Waals surface area (Å²) in [6, 6.07) is 154. The number of benzene rings is 22. The molecular formula is C122H86. The molecule has 0 heterocycles. The Balaban J connectivity index is 0.774. The summed E-state index contributed by atoms with van der Waals surface area (Å²) in [7, 11) is 0. The summed E-state index contributed by atoms with van der Waals surface area (Å²) in [6.45, 7) is 14.5. The highest BCUT2D eigenvalue weighted by molar-refractivity contribution is 6.26. The van der Waals surface area contributed by atoms with Crippen molar-refractivity contribution in [1.82, 2.24) is 0 Å². The van der Waals surface area contributed by atoms with E-state index in [1.165, 1.54) is 264 Å². The molecule has 0 radical (unpaired) electrons. The van der Waals surface area contributed by atoms with Gasteiger partial charge < -0.3 is 0 Å². The van der Waals surface area contributed by atoms with Crippen LogP contribution in [0.25, 0.3) is 231 Å². The molecule has 22 rings (SSSR count). The molecule has 0 aromatic heterocycles. The predicted molar refractivity (Wildman–Crippen MR) is 526 cm³/mol. The summed E-state index contributed by atoms with van der Waals surface area (Å²) in [4.78, 5) is 0. The molecule has 122 heavy (non-hydrogen) atoms. The van der Waals surface area contributed by atoms with Crippen molar-refractivity contribution in [3.63, 3.8) is 0 Å². The Morgan fingerprint density at radius 2 is 0.172 bits per heavy atom. The second kappa shape index (κ2) is 30.1. The lowest BCUT2D eigenvalue weighted by Crippen LogP contribution is -2.06. The summed E-state index contributed by atoms with van der Waals surface area (Å²) >= 11 is 0. The van der Waals surface area contributed by atoms with Crippen LogP contribution in [0.15, 0.2) is 413 Å². The number of hydrogen-bond donors (Lipinski definition) is 0. The first kappa shape index (κ1) is 73.3. The van der Waals surface area contributed by atoms with E-state index in [0.29, 0.717) is 0 Å². The Kier molecular flexibility index (Phi) is 18.1. The summed E-state index contributed by atoms with van der Waals surface area (Å²) in [5, 5.41) is 19.9. The van der Waals surface area contributed by atoms with E-state index >= 15 is 0 Å². The van der Waals surface area contributed by atoms with Gasteiger partial charge in [-0.05, 0) is 306 Å². The molecule has 0 spiro atoms. The molecule has 0 aliphatic rings. The molecule has 0 unspecified atom stereocenters. The largest absolute Gasteiger partial charge is 0.0622 e. The fourth-order valence-electron chi connectivity index (χ4n) is 21.6. The van der Waals surface area contributed by atoms with Crippen molar-refractivity contribution in [3.8, 4) is 145 Å². The lowest BCUT2D eigenvalue weighted by atomic mass is 9.75. The molecule has 0 saturated carbocycles. The summed E-state index contributed by atoms with van der Waals surface area (Å²) in [6.07, 6.45) is 0. The third kappa shape index (κ3) is 11.9. The Labute approximate surface area is 713 Å². The molecule has 22 aromatic rings. The molecule has 0 heteroatoms. The van der Waals surface area contributed by atoms with Gasteiger partial charge in [0.05, 0.1) is 0 Å². The Hall–Kier alpha value is -15.1. The van der Waals surface area contributed by atoms with Gasteiger partial charge in [-0.2, -0.15) is 0 Å². The highest BCUT2D eigenvalue weighted by atomic mass is 14.3. The molecule has 0 N–H and O–H groups in total. The van der Waals surface area contributed by atoms with Crippen molar-refractivity contribution in [1.29, 1.82) is 0 Å². The average Bonchev–Trinajstić information content (AvgIpc) is 0.718. The zero-order valence-electron chi connectivity index (χ0n) is 69.3. The topological polar surface area (TPSA) is 0 Å². The van der Waals surface area contributed by atoms with Gasteiger partial charge in [0.25, 0.3) is 0 Å². The van der Waals surface area contributed by atoms with E-state index in [4.69, 9.17) is 0 Å². The normalized spacial score (nSPS) is 11.7. The molecular weight excluding hydrogens is 1470 g/mol. The minimum atomic E-state index is 1.18. The van der Waals surface area contributed by atoms with Gasteiger partial charge in [-0.1, -0.05) is 413 Å². The maximum absolute atomic E-state index is 2.42. The van der Waals surface area contributed by atoms with Crippen LogP contribution in [-0.2, 0) is 0 Å². The molecule has 0 nitrogen and oxygen atoms in total. The molecule has 0 amide bonds. The van der Waals surface area contributed by atoms with Gasteiger partial charge in [-0.15, -0.1) is 0 Å².